The molecule has 0 aliphatic heterocycles. The van der Waals surface area contributed by atoms with E-state index in [1.54, 1.807) is 7.11 Å². The van der Waals surface area contributed by atoms with E-state index in [0.29, 0.717) is 5.92 Å². The van der Waals surface area contributed by atoms with Crippen LogP contribution >= 0.6 is 22.6 Å². The number of anilines is 1. The van der Waals surface area contributed by atoms with Crippen molar-refractivity contribution in [3.63, 3.8) is 0 Å². The van der Waals surface area contributed by atoms with Gasteiger partial charge < -0.3 is 10.1 Å². The Bertz CT molecular complexity index is 431. The fraction of sp³-hybridized carbons (Fsp3) is 0.714. The Morgan fingerprint density at radius 1 is 1.32 bits per heavy atom. The molecule has 1 rings (SSSR count). The van der Waals surface area contributed by atoms with Gasteiger partial charge in [0.15, 0.2) is 5.82 Å². The minimum atomic E-state index is -0.432. The molecule has 0 amide bonds. The lowest BCUT2D eigenvalue weighted by molar-refractivity contribution is -0.00910. The van der Waals surface area contributed by atoms with Gasteiger partial charge in [0.05, 0.1) is 9.26 Å². The summed E-state index contributed by atoms with van der Waals surface area (Å²) in [7, 11) is 1.72. The maximum Gasteiger partial charge on any atom is 0.162 e. The average molecular weight is 377 g/mol. The summed E-state index contributed by atoms with van der Waals surface area (Å²) in [6.07, 6.45) is 0.840. The van der Waals surface area contributed by atoms with Crippen LogP contribution in [0.4, 0.5) is 5.82 Å². The fourth-order valence-corrected chi connectivity index (χ4v) is 2.82. The molecular formula is C14H24IN3O. The van der Waals surface area contributed by atoms with Crippen LogP contribution < -0.4 is 5.32 Å². The van der Waals surface area contributed by atoms with Crippen LogP contribution in [0.25, 0.3) is 0 Å². The Morgan fingerprint density at radius 3 is 2.37 bits per heavy atom. The summed E-state index contributed by atoms with van der Waals surface area (Å²) in [6, 6.07) is 0. The molecule has 1 aromatic heterocycles. The van der Waals surface area contributed by atoms with Crippen LogP contribution in [0.2, 0.25) is 0 Å². The van der Waals surface area contributed by atoms with Gasteiger partial charge in [-0.25, -0.2) is 9.97 Å². The van der Waals surface area contributed by atoms with Gasteiger partial charge >= 0.3 is 0 Å². The molecule has 0 saturated carbocycles. The molecule has 0 aliphatic rings. The predicted octanol–water partition coefficient (Wildman–Crippen LogP) is 3.91. The molecule has 0 radical (unpaired) electrons. The van der Waals surface area contributed by atoms with E-state index >= 15 is 0 Å². The molecule has 5 heteroatoms. The number of rotatable bonds is 6. The van der Waals surface area contributed by atoms with Gasteiger partial charge in [0, 0.05) is 13.7 Å². The van der Waals surface area contributed by atoms with Gasteiger partial charge in [0.1, 0.15) is 11.4 Å². The van der Waals surface area contributed by atoms with Crippen LogP contribution in [-0.2, 0) is 10.3 Å². The van der Waals surface area contributed by atoms with E-state index in [4.69, 9.17) is 9.72 Å². The third-order valence-electron chi connectivity index (χ3n) is 3.37. The minimum Gasteiger partial charge on any atom is -0.371 e. The molecule has 19 heavy (non-hydrogen) atoms. The van der Waals surface area contributed by atoms with Gasteiger partial charge in [-0.3, -0.25) is 0 Å². The number of methoxy groups -OCH3 is 1. The second-order valence-electron chi connectivity index (χ2n) is 5.07. The lowest BCUT2D eigenvalue weighted by Gasteiger charge is -2.27. The van der Waals surface area contributed by atoms with E-state index < -0.39 is 5.60 Å². The lowest BCUT2D eigenvalue weighted by atomic mass is 10.0. The third kappa shape index (κ3) is 3.56. The summed E-state index contributed by atoms with van der Waals surface area (Å²) in [4.78, 5) is 9.41. The van der Waals surface area contributed by atoms with Gasteiger partial charge in [0.2, 0.25) is 0 Å². The lowest BCUT2D eigenvalue weighted by Crippen LogP contribution is -2.28. The monoisotopic (exact) mass is 377 g/mol. The van der Waals surface area contributed by atoms with E-state index in [2.05, 4.69) is 60.6 Å². The van der Waals surface area contributed by atoms with Crippen molar-refractivity contribution in [3.8, 4) is 0 Å². The summed E-state index contributed by atoms with van der Waals surface area (Å²) in [6.45, 7) is 11.4. The molecule has 1 aromatic rings. The van der Waals surface area contributed by atoms with Gasteiger partial charge in [0.25, 0.3) is 0 Å². The molecule has 1 atom stereocenters. The number of nitrogens with one attached hydrogen (secondary N) is 1. The highest BCUT2D eigenvalue weighted by Gasteiger charge is 2.29. The van der Waals surface area contributed by atoms with Gasteiger partial charge in [-0.1, -0.05) is 20.8 Å². The highest BCUT2D eigenvalue weighted by Crippen LogP contribution is 2.31. The van der Waals surface area contributed by atoms with Crippen molar-refractivity contribution in [1.82, 2.24) is 9.97 Å². The van der Waals surface area contributed by atoms with Gasteiger partial charge in [-0.05, 0) is 48.8 Å². The van der Waals surface area contributed by atoms with Crippen molar-refractivity contribution in [2.45, 2.75) is 52.6 Å². The number of ether oxygens (including phenoxy) is 1. The topological polar surface area (TPSA) is 47.0 Å². The van der Waals surface area contributed by atoms with Crippen molar-refractivity contribution in [2.75, 3.05) is 19.0 Å². The normalized spacial score (nSPS) is 14.5. The molecule has 108 valence electrons. The number of halogens is 1. The first-order valence-corrected chi connectivity index (χ1v) is 7.84. The molecule has 4 nitrogen and oxygen atoms in total. The summed E-state index contributed by atoms with van der Waals surface area (Å²) in [5.74, 6) is 2.04. The second kappa shape index (κ2) is 6.83. The van der Waals surface area contributed by atoms with Gasteiger partial charge in [-0.2, -0.15) is 0 Å². The Kier molecular flexibility index (Phi) is 5.98. The van der Waals surface area contributed by atoms with Gasteiger partial charge in [-0.15, -0.1) is 0 Å². The van der Waals surface area contributed by atoms with Crippen molar-refractivity contribution >= 4 is 28.4 Å². The molecule has 0 aromatic carbocycles. The Morgan fingerprint density at radius 2 is 1.95 bits per heavy atom. The molecule has 0 saturated heterocycles. The first-order chi connectivity index (χ1) is 8.89. The average Bonchev–Trinajstić information content (AvgIpc) is 2.40. The standard InChI is InChI=1S/C14H24IN3O/c1-7-14(5,19-6)13-17-11(9(3)4)10(15)12(18-13)16-8-2/h9H,7-8H2,1-6H3,(H,16,17,18). The zero-order valence-corrected chi connectivity index (χ0v) is 14.8. The number of aromatic nitrogens is 2. The first kappa shape index (κ1) is 16.6. The molecule has 0 bridgehead atoms. The molecule has 0 fully saturated rings. The van der Waals surface area contributed by atoms with Crippen LogP contribution in [0.5, 0.6) is 0 Å². The Labute approximate surface area is 129 Å². The molecule has 0 aliphatic carbocycles. The smallest absolute Gasteiger partial charge is 0.162 e. The van der Waals surface area contributed by atoms with Crippen molar-refractivity contribution in [3.05, 3.63) is 15.1 Å². The zero-order chi connectivity index (χ0) is 14.6. The zero-order valence-electron chi connectivity index (χ0n) is 12.7. The Balaban J connectivity index is 3.41. The fourth-order valence-electron chi connectivity index (χ4n) is 1.76. The van der Waals surface area contributed by atoms with Crippen LogP contribution in [0.3, 0.4) is 0 Å². The van der Waals surface area contributed by atoms with E-state index in [1.807, 2.05) is 6.92 Å². The van der Waals surface area contributed by atoms with E-state index in [9.17, 15) is 0 Å². The van der Waals surface area contributed by atoms with Crippen LogP contribution in [-0.4, -0.2) is 23.6 Å². The number of nitrogens with zero attached hydrogens (tertiary/aromatic N) is 2. The SMILES string of the molecule is CCNc1nc(C(C)(CC)OC)nc(C(C)C)c1I. The summed E-state index contributed by atoms with van der Waals surface area (Å²) in [5, 5.41) is 3.32. The molecule has 0 spiro atoms. The molecular weight excluding hydrogens is 353 g/mol. The predicted molar refractivity (Wildman–Crippen MR) is 87.7 cm³/mol. The second-order valence-corrected chi connectivity index (χ2v) is 6.15. The summed E-state index contributed by atoms with van der Waals surface area (Å²) >= 11 is 2.32. The third-order valence-corrected chi connectivity index (χ3v) is 4.43. The Hall–Kier alpha value is -0.430. The quantitative estimate of drug-likeness (QED) is 0.764. The molecule has 1 N–H and O–H groups in total. The first-order valence-electron chi connectivity index (χ1n) is 6.76. The minimum absolute atomic E-state index is 0.365. The van der Waals surface area contributed by atoms with Crippen molar-refractivity contribution in [2.24, 2.45) is 0 Å². The largest absolute Gasteiger partial charge is 0.371 e. The van der Waals surface area contributed by atoms with E-state index in [1.165, 1.54) is 0 Å². The number of hydrogen-bond donors (Lipinski definition) is 1. The van der Waals surface area contributed by atoms with Crippen molar-refractivity contribution in [1.29, 1.82) is 0 Å². The van der Waals surface area contributed by atoms with Crippen LogP contribution in [0.1, 0.15) is 58.5 Å². The molecule has 1 heterocycles. The van der Waals surface area contributed by atoms with E-state index in [-0.39, 0.29) is 0 Å². The highest BCUT2D eigenvalue weighted by atomic mass is 127. The number of hydrogen-bond acceptors (Lipinski definition) is 4. The maximum absolute atomic E-state index is 5.63. The summed E-state index contributed by atoms with van der Waals surface area (Å²) in [5.41, 5.74) is 0.649. The van der Waals surface area contributed by atoms with E-state index in [0.717, 1.165) is 33.9 Å². The van der Waals surface area contributed by atoms with Crippen molar-refractivity contribution < 1.29 is 4.74 Å². The molecule has 1 unspecified atom stereocenters. The maximum atomic E-state index is 5.63. The highest BCUT2D eigenvalue weighted by molar-refractivity contribution is 14.1. The summed E-state index contributed by atoms with van der Waals surface area (Å²) < 4.78 is 6.73. The van der Waals surface area contributed by atoms with Crippen LogP contribution in [0.15, 0.2) is 0 Å². The van der Waals surface area contributed by atoms with Crippen LogP contribution in [0, 0.1) is 3.57 Å².